The van der Waals surface area contributed by atoms with Gasteiger partial charge in [-0.05, 0) is 31.4 Å². The Morgan fingerprint density at radius 1 is 1.50 bits per heavy atom. The number of hydrogen-bond donors (Lipinski definition) is 2. The van der Waals surface area contributed by atoms with Crippen molar-refractivity contribution < 1.29 is 9.53 Å². The monoisotopic (exact) mass is 248 g/mol. The van der Waals surface area contributed by atoms with E-state index in [0.29, 0.717) is 29.8 Å². The Bertz CT molecular complexity index is 445. The minimum Gasteiger partial charge on any atom is -0.462 e. The minimum absolute atomic E-state index is 0.319. The lowest BCUT2D eigenvalue weighted by Crippen LogP contribution is -2.13. The first-order chi connectivity index (χ1) is 8.67. The molecule has 0 radical (unpaired) electrons. The standard InChI is InChI=1S/C14H20N2O2/c1-3-9-8-12(9)16-13-10(14(17)18-4-2)6-5-7-11(13)15/h5-7,9,12,16H,3-4,8,15H2,1-2H3. The SMILES string of the molecule is CCOC(=O)c1cccc(N)c1NC1CC1CC. The van der Waals surface area contributed by atoms with Crippen LogP contribution in [0.4, 0.5) is 11.4 Å². The molecule has 1 fully saturated rings. The zero-order valence-corrected chi connectivity index (χ0v) is 10.9. The van der Waals surface area contributed by atoms with Crippen molar-refractivity contribution in [2.75, 3.05) is 17.7 Å². The summed E-state index contributed by atoms with van der Waals surface area (Å²) >= 11 is 0. The summed E-state index contributed by atoms with van der Waals surface area (Å²) in [6.07, 6.45) is 2.30. The Balaban J connectivity index is 2.19. The summed E-state index contributed by atoms with van der Waals surface area (Å²) in [5.74, 6) is 0.376. The number of carbonyl (C=O) groups is 1. The maximum atomic E-state index is 11.9. The highest BCUT2D eigenvalue weighted by Gasteiger charge is 2.36. The molecule has 4 heteroatoms. The Kier molecular flexibility index (Phi) is 3.75. The molecule has 0 heterocycles. The number of para-hydroxylation sites is 1. The number of rotatable bonds is 5. The van der Waals surface area contributed by atoms with Crippen LogP contribution in [0.3, 0.4) is 0 Å². The Morgan fingerprint density at radius 3 is 2.89 bits per heavy atom. The van der Waals surface area contributed by atoms with E-state index < -0.39 is 0 Å². The number of anilines is 2. The molecule has 0 saturated heterocycles. The molecule has 1 aliphatic carbocycles. The van der Waals surface area contributed by atoms with Gasteiger partial charge in [0.05, 0.1) is 23.5 Å². The molecule has 1 aromatic carbocycles. The van der Waals surface area contributed by atoms with E-state index >= 15 is 0 Å². The third-order valence-corrected chi connectivity index (χ3v) is 3.37. The van der Waals surface area contributed by atoms with Crippen molar-refractivity contribution in [3.63, 3.8) is 0 Å². The van der Waals surface area contributed by atoms with Crippen LogP contribution in [-0.4, -0.2) is 18.6 Å². The van der Waals surface area contributed by atoms with Gasteiger partial charge in [-0.15, -0.1) is 0 Å². The smallest absolute Gasteiger partial charge is 0.340 e. The summed E-state index contributed by atoms with van der Waals surface area (Å²) in [5.41, 5.74) is 7.79. The Morgan fingerprint density at radius 2 is 2.28 bits per heavy atom. The summed E-state index contributed by atoms with van der Waals surface area (Å²) in [7, 11) is 0. The van der Waals surface area contributed by atoms with Crippen LogP contribution in [0.25, 0.3) is 0 Å². The Hall–Kier alpha value is -1.71. The molecule has 3 N–H and O–H groups in total. The van der Waals surface area contributed by atoms with Crippen LogP contribution in [0.5, 0.6) is 0 Å². The highest BCUT2D eigenvalue weighted by molar-refractivity contribution is 5.99. The van der Waals surface area contributed by atoms with Gasteiger partial charge < -0.3 is 15.8 Å². The second kappa shape index (κ2) is 5.29. The summed E-state index contributed by atoms with van der Waals surface area (Å²) in [5, 5.41) is 3.37. The van der Waals surface area contributed by atoms with Crippen LogP contribution in [-0.2, 0) is 4.74 Å². The average molecular weight is 248 g/mol. The molecule has 0 spiro atoms. The molecule has 18 heavy (non-hydrogen) atoms. The molecule has 2 rings (SSSR count). The second-order valence-corrected chi connectivity index (χ2v) is 4.65. The fourth-order valence-corrected chi connectivity index (χ4v) is 2.17. The van der Waals surface area contributed by atoms with Gasteiger partial charge >= 0.3 is 5.97 Å². The molecule has 0 aromatic heterocycles. The molecular formula is C14H20N2O2. The first kappa shape index (κ1) is 12.7. The number of nitrogen functional groups attached to an aromatic ring is 1. The van der Waals surface area contributed by atoms with E-state index in [-0.39, 0.29) is 5.97 Å². The summed E-state index contributed by atoms with van der Waals surface area (Å²) in [6.45, 7) is 4.34. The summed E-state index contributed by atoms with van der Waals surface area (Å²) in [6, 6.07) is 5.76. The third kappa shape index (κ3) is 2.58. The van der Waals surface area contributed by atoms with Gasteiger partial charge in [0, 0.05) is 6.04 Å². The van der Waals surface area contributed by atoms with Crippen molar-refractivity contribution in [2.45, 2.75) is 32.7 Å². The predicted octanol–water partition coefficient (Wildman–Crippen LogP) is 2.66. The van der Waals surface area contributed by atoms with Crippen molar-refractivity contribution in [3.05, 3.63) is 23.8 Å². The molecule has 0 amide bonds. The average Bonchev–Trinajstić information content (AvgIpc) is 3.10. The molecule has 0 aliphatic heterocycles. The molecule has 4 nitrogen and oxygen atoms in total. The molecule has 2 unspecified atom stereocenters. The first-order valence-electron chi connectivity index (χ1n) is 6.49. The fraction of sp³-hybridized carbons (Fsp3) is 0.500. The van der Waals surface area contributed by atoms with Crippen LogP contribution >= 0.6 is 0 Å². The number of nitrogens with one attached hydrogen (secondary N) is 1. The number of nitrogens with two attached hydrogens (primary N) is 1. The fourth-order valence-electron chi connectivity index (χ4n) is 2.17. The second-order valence-electron chi connectivity index (χ2n) is 4.65. The maximum Gasteiger partial charge on any atom is 0.340 e. The molecule has 1 saturated carbocycles. The summed E-state index contributed by atoms with van der Waals surface area (Å²) < 4.78 is 5.04. The number of esters is 1. The molecule has 1 aliphatic rings. The number of hydrogen-bond acceptors (Lipinski definition) is 4. The van der Waals surface area contributed by atoms with E-state index in [0.717, 1.165) is 18.5 Å². The van der Waals surface area contributed by atoms with Gasteiger partial charge in [0.1, 0.15) is 0 Å². The van der Waals surface area contributed by atoms with Gasteiger partial charge in [0.25, 0.3) is 0 Å². The molecule has 1 aromatic rings. The topological polar surface area (TPSA) is 64.3 Å². The first-order valence-corrected chi connectivity index (χ1v) is 6.49. The van der Waals surface area contributed by atoms with E-state index in [1.807, 2.05) is 0 Å². The van der Waals surface area contributed by atoms with Crippen molar-refractivity contribution >= 4 is 17.3 Å². The van der Waals surface area contributed by atoms with Gasteiger partial charge in [-0.25, -0.2) is 4.79 Å². The van der Waals surface area contributed by atoms with Gasteiger partial charge in [-0.3, -0.25) is 0 Å². The van der Waals surface area contributed by atoms with Gasteiger partial charge in [0.15, 0.2) is 0 Å². The minimum atomic E-state index is -0.319. The molecule has 0 bridgehead atoms. The summed E-state index contributed by atoms with van der Waals surface area (Å²) in [4.78, 5) is 11.9. The van der Waals surface area contributed by atoms with E-state index in [9.17, 15) is 4.79 Å². The number of carbonyl (C=O) groups excluding carboxylic acids is 1. The van der Waals surface area contributed by atoms with Crippen molar-refractivity contribution in [1.82, 2.24) is 0 Å². The largest absolute Gasteiger partial charge is 0.462 e. The van der Waals surface area contributed by atoms with Crippen LogP contribution in [0, 0.1) is 5.92 Å². The van der Waals surface area contributed by atoms with Gasteiger partial charge in [-0.2, -0.15) is 0 Å². The zero-order valence-electron chi connectivity index (χ0n) is 10.9. The van der Waals surface area contributed by atoms with E-state index in [4.69, 9.17) is 10.5 Å². The molecular weight excluding hydrogens is 228 g/mol. The van der Waals surface area contributed by atoms with Crippen LogP contribution < -0.4 is 11.1 Å². The third-order valence-electron chi connectivity index (χ3n) is 3.37. The zero-order chi connectivity index (χ0) is 13.1. The highest BCUT2D eigenvalue weighted by Crippen LogP contribution is 2.38. The maximum absolute atomic E-state index is 11.9. The molecule has 2 atom stereocenters. The van der Waals surface area contributed by atoms with Crippen LogP contribution in [0.2, 0.25) is 0 Å². The van der Waals surface area contributed by atoms with Gasteiger partial charge in [-0.1, -0.05) is 19.4 Å². The van der Waals surface area contributed by atoms with E-state index in [2.05, 4.69) is 12.2 Å². The normalized spacial score (nSPS) is 21.4. The number of ether oxygens (including phenoxy) is 1. The Labute approximate surface area is 108 Å². The lowest BCUT2D eigenvalue weighted by Gasteiger charge is -2.13. The van der Waals surface area contributed by atoms with Crippen molar-refractivity contribution in [3.8, 4) is 0 Å². The lowest BCUT2D eigenvalue weighted by molar-refractivity contribution is 0.0527. The van der Waals surface area contributed by atoms with Crippen LogP contribution in [0.15, 0.2) is 18.2 Å². The van der Waals surface area contributed by atoms with E-state index in [1.54, 1.807) is 25.1 Å². The predicted molar refractivity (Wildman–Crippen MR) is 72.6 cm³/mol. The molecule has 98 valence electrons. The van der Waals surface area contributed by atoms with E-state index in [1.165, 1.54) is 0 Å². The quantitative estimate of drug-likeness (QED) is 0.621. The number of benzene rings is 1. The van der Waals surface area contributed by atoms with Crippen LogP contribution in [0.1, 0.15) is 37.0 Å². The highest BCUT2D eigenvalue weighted by atomic mass is 16.5. The van der Waals surface area contributed by atoms with Crippen molar-refractivity contribution in [2.24, 2.45) is 5.92 Å². The van der Waals surface area contributed by atoms with Crippen molar-refractivity contribution in [1.29, 1.82) is 0 Å². The van der Waals surface area contributed by atoms with Gasteiger partial charge in [0.2, 0.25) is 0 Å². The lowest BCUT2D eigenvalue weighted by atomic mass is 10.1.